The van der Waals surface area contributed by atoms with Crippen LogP contribution < -0.4 is 5.32 Å². The number of hydrogen-bond donors (Lipinski definition) is 1. The molecular weight excluding hydrogens is 380 g/mol. The van der Waals surface area contributed by atoms with Crippen molar-refractivity contribution in [2.24, 2.45) is 5.41 Å². The topological polar surface area (TPSA) is 29.1 Å². The predicted octanol–water partition coefficient (Wildman–Crippen LogP) is 5.58. The van der Waals surface area contributed by atoms with Gasteiger partial charge < -0.3 is 5.32 Å². The highest BCUT2D eigenvalue weighted by Crippen LogP contribution is 2.64. The minimum absolute atomic E-state index is 0.128. The lowest BCUT2D eigenvalue weighted by Crippen LogP contribution is -2.38. The van der Waals surface area contributed by atoms with Gasteiger partial charge in [-0.15, -0.1) is 0 Å². The Bertz CT molecular complexity index is 1010. The molecule has 0 heterocycles. The van der Waals surface area contributed by atoms with Crippen LogP contribution in [0.4, 0.5) is 8.78 Å². The average Bonchev–Trinajstić information content (AvgIpc) is 3.29. The van der Waals surface area contributed by atoms with Crippen LogP contribution in [0.15, 0.2) is 78.9 Å². The fourth-order valence-corrected chi connectivity index (χ4v) is 4.57. The minimum Gasteiger partial charge on any atom is -0.354 e. The Balaban J connectivity index is 1.61. The highest BCUT2D eigenvalue weighted by Gasteiger charge is 2.62. The number of amides is 1. The first-order valence-electron chi connectivity index (χ1n) is 10.2. The number of rotatable bonds is 6. The van der Waals surface area contributed by atoms with Crippen LogP contribution in [0.2, 0.25) is 0 Å². The van der Waals surface area contributed by atoms with Gasteiger partial charge in [-0.2, -0.15) is 0 Å². The molecule has 3 aromatic carbocycles. The van der Waals surface area contributed by atoms with Gasteiger partial charge in [0, 0.05) is 18.0 Å². The molecule has 0 saturated heterocycles. The van der Waals surface area contributed by atoms with Crippen LogP contribution in [0.25, 0.3) is 0 Å². The van der Waals surface area contributed by atoms with Crippen molar-refractivity contribution in [2.75, 3.05) is 6.54 Å². The Morgan fingerprint density at radius 3 is 1.93 bits per heavy atom. The van der Waals surface area contributed by atoms with Crippen LogP contribution in [-0.4, -0.2) is 12.5 Å². The maximum absolute atomic E-state index is 14.6. The maximum Gasteiger partial charge on any atom is 0.232 e. The van der Waals surface area contributed by atoms with E-state index in [1.54, 1.807) is 0 Å². The molecule has 1 unspecified atom stereocenters. The third-order valence-electron chi connectivity index (χ3n) is 6.45. The molecule has 0 radical (unpaired) electrons. The molecule has 3 aromatic rings. The summed E-state index contributed by atoms with van der Waals surface area (Å²) in [4.78, 5) is 13.3. The molecule has 0 bridgehead atoms. The summed E-state index contributed by atoms with van der Waals surface area (Å²) in [5, 5.41) is 3.08. The number of nitrogens with one attached hydrogen (secondary N) is 1. The van der Waals surface area contributed by atoms with Crippen molar-refractivity contribution in [3.63, 3.8) is 0 Å². The van der Waals surface area contributed by atoms with Gasteiger partial charge >= 0.3 is 0 Å². The van der Waals surface area contributed by atoms with Crippen LogP contribution in [0.3, 0.4) is 0 Å². The summed E-state index contributed by atoms with van der Waals surface area (Å²) in [6, 6.07) is 23.0. The maximum atomic E-state index is 14.6. The second-order valence-electron chi connectivity index (χ2n) is 8.74. The molecule has 1 saturated carbocycles. The number of halogens is 2. The van der Waals surface area contributed by atoms with Gasteiger partial charge in [0.15, 0.2) is 0 Å². The molecule has 0 spiro atoms. The third-order valence-corrected chi connectivity index (χ3v) is 6.45. The van der Waals surface area contributed by atoms with Crippen molar-refractivity contribution < 1.29 is 13.6 Å². The van der Waals surface area contributed by atoms with Crippen molar-refractivity contribution in [1.29, 1.82) is 0 Å². The predicted molar refractivity (Wildman–Crippen MR) is 114 cm³/mol. The van der Waals surface area contributed by atoms with E-state index < -0.39 is 23.0 Å². The van der Waals surface area contributed by atoms with Crippen LogP contribution in [0.1, 0.15) is 42.9 Å². The van der Waals surface area contributed by atoms with Crippen LogP contribution in [0.5, 0.6) is 0 Å². The molecule has 2 nitrogen and oxygen atoms in total. The lowest BCUT2D eigenvalue weighted by molar-refractivity contribution is -0.121. The fourth-order valence-electron chi connectivity index (χ4n) is 4.57. The molecule has 1 atom stereocenters. The Morgan fingerprint density at radius 2 is 1.47 bits per heavy atom. The molecule has 1 fully saturated rings. The second kappa shape index (κ2) is 7.67. The Kier molecular flexibility index (Phi) is 5.19. The standard InChI is InChI=1S/C26H25F2NO/c1-25(2)16-26(25,21-14-13-20(27)15-22(21)28)17-29-24(30)23(18-9-5-3-6-10-18)19-11-7-4-8-12-19/h3-15,23H,16-17H2,1-2H3,(H,29,30). The number of carbonyl (C=O) groups is 1. The van der Waals surface area contributed by atoms with E-state index in [0.29, 0.717) is 12.1 Å². The molecule has 1 aliphatic rings. The third kappa shape index (κ3) is 3.62. The molecule has 30 heavy (non-hydrogen) atoms. The van der Waals surface area contributed by atoms with Crippen LogP contribution >= 0.6 is 0 Å². The normalized spacial score (nSPS) is 19.5. The molecule has 0 aliphatic heterocycles. The van der Waals surface area contributed by atoms with E-state index in [1.807, 2.05) is 74.5 Å². The SMILES string of the molecule is CC1(C)CC1(CNC(=O)C(c1ccccc1)c1ccccc1)c1ccc(F)cc1F. The smallest absolute Gasteiger partial charge is 0.232 e. The van der Waals surface area contributed by atoms with E-state index in [2.05, 4.69) is 5.32 Å². The summed E-state index contributed by atoms with van der Waals surface area (Å²) in [7, 11) is 0. The van der Waals surface area contributed by atoms with E-state index in [0.717, 1.165) is 23.6 Å². The highest BCUT2D eigenvalue weighted by atomic mass is 19.1. The fraction of sp³-hybridized carbons (Fsp3) is 0.269. The molecule has 0 aromatic heterocycles. The van der Waals surface area contributed by atoms with Crippen molar-refractivity contribution in [1.82, 2.24) is 5.32 Å². The first-order valence-corrected chi connectivity index (χ1v) is 10.2. The number of carbonyl (C=O) groups excluding carboxylic acids is 1. The number of benzene rings is 3. The van der Waals surface area contributed by atoms with Gasteiger partial charge in [-0.25, -0.2) is 8.78 Å². The largest absolute Gasteiger partial charge is 0.354 e. The van der Waals surface area contributed by atoms with Crippen LogP contribution in [0, 0.1) is 17.0 Å². The number of hydrogen-bond acceptors (Lipinski definition) is 1. The Morgan fingerprint density at radius 1 is 0.933 bits per heavy atom. The van der Waals surface area contributed by atoms with E-state index in [9.17, 15) is 13.6 Å². The molecule has 1 N–H and O–H groups in total. The summed E-state index contributed by atoms with van der Waals surface area (Å²) in [5.41, 5.74) is 1.54. The van der Waals surface area contributed by atoms with Gasteiger partial charge in [-0.05, 0) is 34.6 Å². The lowest BCUT2D eigenvalue weighted by atomic mass is 9.86. The first-order chi connectivity index (χ1) is 14.3. The van der Waals surface area contributed by atoms with Crippen molar-refractivity contribution >= 4 is 5.91 Å². The van der Waals surface area contributed by atoms with Gasteiger partial charge in [0.05, 0.1) is 5.92 Å². The Hall–Kier alpha value is -3.01. The molecule has 1 aliphatic carbocycles. The monoisotopic (exact) mass is 405 g/mol. The molecular formula is C26H25F2NO. The summed E-state index contributed by atoms with van der Waals surface area (Å²) in [5.74, 6) is -1.74. The molecule has 4 heteroatoms. The lowest BCUT2D eigenvalue weighted by Gasteiger charge is -2.25. The van der Waals surface area contributed by atoms with Crippen LogP contribution in [-0.2, 0) is 10.2 Å². The summed E-state index contributed by atoms with van der Waals surface area (Å²) in [6.07, 6.45) is 0.726. The second-order valence-corrected chi connectivity index (χ2v) is 8.74. The Labute approximate surface area is 176 Å². The summed E-state index contributed by atoms with van der Waals surface area (Å²) >= 11 is 0. The summed E-state index contributed by atoms with van der Waals surface area (Å²) in [6.45, 7) is 4.40. The van der Waals surface area contributed by atoms with Gasteiger partial charge in [0.25, 0.3) is 0 Å². The van der Waals surface area contributed by atoms with Crippen molar-refractivity contribution in [2.45, 2.75) is 31.6 Å². The van der Waals surface area contributed by atoms with Gasteiger partial charge in [-0.3, -0.25) is 4.79 Å². The quantitative estimate of drug-likeness (QED) is 0.570. The van der Waals surface area contributed by atoms with Crippen molar-refractivity contribution in [3.8, 4) is 0 Å². The highest BCUT2D eigenvalue weighted by molar-refractivity contribution is 5.87. The molecule has 1 amide bonds. The summed E-state index contributed by atoms with van der Waals surface area (Å²) < 4.78 is 28.0. The van der Waals surface area contributed by atoms with Gasteiger partial charge in [0.1, 0.15) is 11.6 Å². The first kappa shape index (κ1) is 20.3. The molecule has 4 rings (SSSR count). The van der Waals surface area contributed by atoms with E-state index in [-0.39, 0.29) is 11.3 Å². The van der Waals surface area contributed by atoms with Gasteiger partial charge in [0.2, 0.25) is 5.91 Å². The van der Waals surface area contributed by atoms with Gasteiger partial charge in [-0.1, -0.05) is 80.6 Å². The van der Waals surface area contributed by atoms with E-state index in [4.69, 9.17) is 0 Å². The minimum atomic E-state index is -0.595. The van der Waals surface area contributed by atoms with Crippen molar-refractivity contribution in [3.05, 3.63) is 107 Å². The zero-order chi connectivity index (χ0) is 21.4. The van der Waals surface area contributed by atoms with E-state index >= 15 is 0 Å². The average molecular weight is 405 g/mol. The zero-order valence-corrected chi connectivity index (χ0v) is 17.2. The zero-order valence-electron chi connectivity index (χ0n) is 17.2. The van der Waals surface area contributed by atoms with E-state index in [1.165, 1.54) is 12.1 Å². The molecule has 154 valence electrons.